The molecule has 0 aliphatic rings. The first kappa shape index (κ1) is 14.5. The van der Waals surface area contributed by atoms with Gasteiger partial charge in [-0.2, -0.15) is 0 Å². The largest absolute Gasteiger partial charge is 0.497 e. The molecule has 1 heterocycles. The van der Waals surface area contributed by atoms with Crippen molar-refractivity contribution in [3.63, 3.8) is 0 Å². The molecule has 0 spiro atoms. The second-order valence-corrected chi connectivity index (χ2v) is 4.63. The van der Waals surface area contributed by atoms with Crippen LogP contribution in [0, 0.1) is 4.77 Å². The average Bonchev–Trinajstić information content (AvgIpc) is 2.74. The lowest BCUT2D eigenvalue weighted by atomic mass is 10.3. The topological polar surface area (TPSA) is 68.3 Å². The number of carbonyl (C=O) groups is 1. The van der Waals surface area contributed by atoms with Crippen LogP contribution in [0.2, 0.25) is 0 Å². The highest BCUT2D eigenvalue weighted by atomic mass is 32.1. The van der Waals surface area contributed by atoms with Gasteiger partial charge in [-0.25, -0.2) is 0 Å². The van der Waals surface area contributed by atoms with Gasteiger partial charge in [-0.05, 0) is 24.4 Å². The predicted octanol–water partition coefficient (Wildman–Crippen LogP) is 1.47. The van der Waals surface area contributed by atoms with E-state index in [1.807, 2.05) is 18.2 Å². The van der Waals surface area contributed by atoms with Gasteiger partial charge in [0.1, 0.15) is 12.3 Å². The standard InChI is InChI=1S/C13H17N3O3S/c1-18-6-5-14-12(17)8-16-11-4-3-9(19-2)7-10(11)15-13(16)20/h3-4,7H,5-6,8H2,1-2H3,(H,14,17)(H,15,20). The second kappa shape index (κ2) is 6.53. The first-order valence-electron chi connectivity index (χ1n) is 6.18. The molecule has 7 heteroatoms. The van der Waals surface area contributed by atoms with E-state index in [4.69, 9.17) is 21.7 Å². The molecule has 2 aromatic rings. The van der Waals surface area contributed by atoms with Crippen LogP contribution in [-0.2, 0) is 16.1 Å². The van der Waals surface area contributed by atoms with E-state index in [0.717, 1.165) is 16.8 Å². The van der Waals surface area contributed by atoms with E-state index >= 15 is 0 Å². The number of H-pyrrole nitrogens is 1. The summed E-state index contributed by atoms with van der Waals surface area (Å²) < 4.78 is 12.3. The van der Waals surface area contributed by atoms with Gasteiger partial charge in [0, 0.05) is 19.7 Å². The number of nitrogens with one attached hydrogen (secondary N) is 2. The number of methoxy groups -OCH3 is 2. The van der Waals surface area contributed by atoms with Crippen molar-refractivity contribution < 1.29 is 14.3 Å². The Morgan fingerprint density at radius 2 is 2.25 bits per heavy atom. The fraction of sp³-hybridized carbons (Fsp3) is 0.385. The number of hydrogen-bond acceptors (Lipinski definition) is 4. The molecule has 0 fully saturated rings. The van der Waals surface area contributed by atoms with Crippen molar-refractivity contribution in [3.05, 3.63) is 23.0 Å². The number of rotatable bonds is 6. The lowest BCUT2D eigenvalue weighted by Crippen LogP contribution is -2.30. The van der Waals surface area contributed by atoms with E-state index in [9.17, 15) is 4.79 Å². The third-order valence-electron chi connectivity index (χ3n) is 2.91. The summed E-state index contributed by atoms with van der Waals surface area (Å²) in [6, 6.07) is 5.57. The third kappa shape index (κ3) is 3.17. The van der Waals surface area contributed by atoms with Gasteiger partial charge < -0.3 is 24.3 Å². The molecule has 6 nitrogen and oxygen atoms in total. The van der Waals surface area contributed by atoms with Crippen molar-refractivity contribution >= 4 is 29.2 Å². The average molecular weight is 295 g/mol. The summed E-state index contributed by atoms with van der Waals surface area (Å²) in [5.41, 5.74) is 1.72. The fourth-order valence-corrected chi connectivity index (χ4v) is 2.19. The lowest BCUT2D eigenvalue weighted by Gasteiger charge is -2.06. The minimum absolute atomic E-state index is 0.102. The maximum atomic E-state index is 11.8. The van der Waals surface area contributed by atoms with Crippen molar-refractivity contribution in [2.24, 2.45) is 0 Å². The maximum absolute atomic E-state index is 11.8. The molecule has 108 valence electrons. The maximum Gasteiger partial charge on any atom is 0.240 e. The third-order valence-corrected chi connectivity index (χ3v) is 3.23. The number of imidazole rings is 1. The molecule has 0 saturated heterocycles. The van der Waals surface area contributed by atoms with E-state index in [0.29, 0.717) is 17.9 Å². The normalized spacial score (nSPS) is 10.7. The van der Waals surface area contributed by atoms with Crippen LogP contribution in [0.1, 0.15) is 0 Å². The highest BCUT2D eigenvalue weighted by molar-refractivity contribution is 7.71. The molecule has 0 saturated carbocycles. The van der Waals surface area contributed by atoms with E-state index in [1.165, 1.54) is 0 Å². The van der Waals surface area contributed by atoms with Gasteiger partial charge >= 0.3 is 0 Å². The molecule has 0 atom stereocenters. The van der Waals surface area contributed by atoms with E-state index < -0.39 is 0 Å². The Labute approximate surface area is 121 Å². The number of fused-ring (bicyclic) bond motifs is 1. The van der Waals surface area contributed by atoms with Gasteiger partial charge in [0.05, 0.1) is 24.8 Å². The Hall–Kier alpha value is -1.86. The second-order valence-electron chi connectivity index (χ2n) is 4.24. The summed E-state index contributed by atoms with van der Waals surface area (Å²) in [6.45, 7) is 1.15. The molecule has 0 radical (unpaired) electrons. The highest BCUT2D eigenvalue weighted by Gasteiger charge is 2.09. The number of amides is 1. The molecule has 20 heavy (non-hydrogen) atoms. The highest BCUT2D eigenvalue weighted by Crippen LogP contribution is 2.20. The molecule has 2 rings (SSSR count). The zero-order valence-corrected chi connectivity index (χ0v) is 12.3. The first-order valence-corrected chi connectivity index (χ1v) is 6.58. The first-order chi connectivity index (χ1) is 9.65. The smallest absolute Gasteiger partial charge is 0.240 e. The number of aromatic amines is 1. The van der Waals surface area contributed by atoms with Crippen LogP contribution in [0.25, 0.3) is 11.0 Å². The van der Waals surface area contributed by atoms with Crippen LogP contribution in [0.3, 0.4) is 0 Å². The zero-order valence-electron chi connectivity index (χ0n) is 11.4. The molecule has 1 amide bonds. The van der Waals surface area contributed by atoms with Crippen LogP contribution in [0.4, 0.5) is 0 Å². The Kier molecular flexibility index (Phi) is 4.75. The Morgan fingerprint density at radius 1 is 1.45 bits per heavy atom. The molecule has 1 aromatic heterocycles. The van der Waals surface area contributed by atoms with Gasteiger partial charge in [0.15, 0.2) is 4.77 Å². The number of carbonyl (C=O) groups excluding carboxylic acids is 1. The van der Waals surface area contributed by atoms with E-state index in [1.54, 1.807) is 18.8 Å². The number of nitrogens with zero attached hydrogens (tertiary/aromatic N) is 1. The van der Waals surface area contributed by atoms with Crippen LogP contribution < -0.4 is 10.1 Å². The quantitative estimate of drug-likeness (QED) is 0.625. The molecule has 0 unspecified atom stereocenters. The Balaban J connectivity index is 2.19. The summed E-state index contributed by atoms with van der Waals surface area (Å²) in [5, 5.41) is 2.77. The van der Waals surface area contributed by atoms with Crippen molar-refractivity contribution in [2.45, 2.75) is 6.54 Å². The molecule has 0 bridgehead atoms. The van der Waals surface area contributed by atoms with Crippen LogP contribution >= 0.6 is 12.2 Å². The fourth-order valence-electron chi connectivity index (χ4n) is 1.92. The zero-order chi connectivity index (χ0) is 14.5. The predicted molar refractivity (Wildman–Crippen MR) is 78.6 cm³/mol. The number of hydrogen-bond donors (Lipinski definition) is 2. The van der Waals surface area contributed by atoms with Crippen molar-refractivity contribution in [3.8, 4) is 5.75 Å². The lowest BCUT2D eigenvalue weighted by molar-refractivity contribution is -0.121. The molecular formula is C13H17N3O3S. The van der Waals surface area contributed by atoms with Crippen molar-refractivity contribution in [2.75, 3.05) is 27.4 Å². The van der Waals surface area contributed by atoms with E-state index in [-0.39, 0.29) is 12.5 Å². The van der Waals surface area contributed by atoms with Gasteiger partial charge in [0.25, 0.3) is 0 Å². The van der Waals surface area contributed by atoms with Gasteiger partial charge in [-0.15, -0.1) is 0 Å². The minimum Gasteiger partial charge on any atom is -0.497 e. The summed E-state index contributed by atoms with van der Waals surface area (Å²) >= 11 is 5.25. The van der Waals surface area contributed by atoms with E-state index in [2.05, 4.69) is 10.3 Å². The van der Waals surface area contributed by atoms with Crippen LogP contribution in [0.5, 0.6) is 5.75 Å². The number of benzene rings is 1. The molecule has 2 N–H and O–H groups in total. The van der Waals surface area contributed by atoms with Crippen LogP contribution in [-0.4, -0.2) is 42.8 Å². The monoisotopic (exact) mass is 295 g/mol. The van der Waals surface area contributed by atoms with Gasteiger partial charge in [-0.3, -0.25) is 4.79 Å². The molecule has 0 aliphatic carbocycles. The number of aromatic nitrogens is 2. The van der Waals surface area contributed by atoms with Crippen molar-refractivity contribution in [1.82, 2.24) is 14.9 Å². The number of ether oxygens (including phenoxy) is 2. The summed E-state index contributed by atoms with van der Waals surface area (Å²) in [7, 11) is 3.20. The Bertz CT molecular complexity index is 662. The molecule has 0 aliphatic heterocycles. The van der Waals surface area contributed by atoms with Crippen molar-refractivity contribution in [1.29, 1.82) is 0 Å². The molecular weight excluding hydrogens is 278 g/mol. The molecule has 1 aromatic carbocycles. The van der Waals surface area contributed by atoms with Gasteiger partial charge in [0.2, 0.25) is 5.91 Å². The van der Waals surface area contributed by atoms with Crippen LogP contribution in [0.15, 0.2) is 18.2 Å². The van der Waals surface area contributed by atoms with Gasteiger partial charge in [-0.1, -0.05) is 0 Å². The minimum atomic E-state index is -0.102. The summed E-state index contributed by atoms with van der Waals surface area (Å²) in [6.07, 6.45) is 0. The Morgan fingerprint density at radius 3 is 2.95 bits per heavy atom. The summed E-state index contributed by atoms with van der Waals surface area (Å²) in [4.78, 5) is 14.9. The SMILES string of the molecule is COCCNC(=O)Cn1c(=S)[nH]c2cc(OC)ccc21. The summed E-state index contributed by atoms with van der Waals surface area (Å²) in [5.74, 6) is 0.639.